The lowest BCUT2D eigenvalue weighted by atomic mass is 9.96. The van der Waals surface area contributed by atoms with E-state index in [-0.39, 0.29) is 11.9 Å². The van der Waals surface area contributed by atoms with Crippen LogP contribution in [0.3, 0.4) is 0 Å². The summed E-state index contributed by atoms with van der Waals surface area (Å²) in [5, 5.41) is 3.11. The molecule has 2 saturated heterocycles. The highest BCUT2D eigenvalue weighted by Gasteiger charge is 2.32. The molecule has 1 aromatic rings. The fraction of sp³-hybridized carbons (Fsp3) is 0.550. The van der Waals surface area contributed by atoms with Crippen LogP contribution < -0.4 is 10.1 Å². The molecule has 2 aliphatic rings. The number of rotatable bonds is 8. The van der Waals surface area contributed by atoms with Gasteiger partial charge in [-0.25, -0.2) is 0 Å². The van der Waals surface area contributed by atoms with Crippen LogP contribution in [-0.2, 0) is 9.47 Å². The summed E-state index contributed by atoms with van der Waals surface area (Å²) < 4.78 is 16.7. The molecule has 0 aliphatic carbocycles. The Balaban J connectivity index is 1.64. The van der Waals surface area contributed by atoms with E-state index in [9.17, 15) is 4.79 Å². The summed E-state index contributed by atoms with van der Waals surface area (Å²) in [5.41, 5.74) is 0.553. The average Bonchev–Trinajstić information content (AvgIpc) is 3.22. The van der Waals surface area contributed by atoms with Crippen molar-refractivity contribution in [2.24, 2.45) is 5.92 Å². The maximum Gasteiger partial charge on any atom is 0.255 e. The molecule has 0 unspecified atom stereocenters. The fourth-order valence-corrected chi connectivity index (χ4v) is 3.58. The summed E-state index contributed by atoms with van der Waals surface area (Å²) >= 11 is 0. The molecule has 0 spiro atoms. The molecule has 3 rings (SSSR count). The molecule has 6 nitrogen and oxygen atoms in total. The van der Waals surface area contributed by atoms with Crippen LogP contribution in [-0.4, -0.2) is 69.5 Å². The van der Waals surface area contributed by atoms with E-state index in [0.29, 0.717) is 30.4 Å². The van der Waals surface area contributed by atoms with Gasteiger partial charge >= 0.3 is 0 Å². The molecule has 142 valence electrons. The van der Waals surface area contributed by atoms with Gasteiger partial charge in [0.05, 0.1) is 25.4 Å². The summed E-state index contributed by atoms with van der Waals surface area (Å²) in [6, 6.07) is 7.58. The molecule has 0 aromatic heterocycles. The minimum Gasteiger partial charge on any atom is -0.489 e. The van der Waals surface area contributed by atoms with Crippen LogP contribution in [0.25, 0.3) is 0 Å². The maximum atomic E-state index is 12.7. The first-order valence-corrected chi connectivity index (χ1v) is 9.30. The number of ether oxygens (including phenoxy) is 3. The Morgan fingerprint density at radius 1 is 1.31 bits per heavy atom. The van der Waals surface area contributed by atoms with Crippen molar-refractivity contribution in [3.8, 4) is 5.75 Å². The highest BCUT2D eigenvalue weighted by atomic mass is 16.5. The second-order valence-electron chi connectivity index (χ2n) is 6.65. The fourth-order valence-electron chi connectivity index (χ4n) is 3.58. The van der Waals surface area contributed by atoms with Crippen LogP contribution in [0.2, 0.25) is 0 Å². The molecule has 2 aliphatic heterocycles. The van der Waals surface area contributed by atoms with Gasteiger partial charge in [-0.2, -0.15) is 0 Å². The Bertz CT molecular complexity index is 595. The Kier molecular flexibility index (Phi) is 7.05. The molecule has 2 fully saturated rings. The standard InChI is InChI=1S/C20H28N2O4/c1-2-10-26-19-6-4-3-5-17(19)20(23)21-14-18(16-7-11-25-15-16)22-8-12-24-13-9-22/h2-6,16,18H,1,7-15H2,(H,21,23)/t16-,18-/m0/s1. The second kappa shape index (κ2) is 9.71. The van der Waals surface area contributed by atoms with Crippen LogP contribution >= 0.6 is 0 Å². The van der Waals surface area contributed by atoms with E-state index >= 15 is 0 Å². The number of morpholine rings is 1. The van der Waals surface area contributed by atoms with Crippen LogP contribution in [0.1, 0.15) is 16.8 Å². The third kappa shape index (κ3) is 4.84. The summed E-state index contributed by atoms with van der Waals surface area (Å²) in [6.07, 6.45) is 2.71. The average molecular weight is 360 g/mol. The first-order chi connectivity index (χ1) is 12.8. The van der Waals surface area contributed by atoms with Crippen molar-refractivity contribution in [1.29, 1.82) is 0 Å². The zero-order chi connectivity index (χ0) is 18.2. The maximum absolute atomic E-state index is 12.7. The lowest BCUT2D eigenvalue weighted by Gasteiger charge is -2.37. The third-order valence-corrected chi connectivity index (χ3v) is 4.98. The number of carbonyl (C=O) groups is 1. The van der Waals surface area contributed by atoms with Crippen molar-refractivity contribution >= 4 is 5.91 Å². The Labute approximate surface area is 155 Å². The lowest BCUT2D eigenvalue weighted by molar-refractivity contribution is 0.00166. The molecular weight excluding hydrogens is 332 g/mol. The monoisotopic (exact) mass is 360 g/mol. The number of nitrogens with one attached hydrogen (secondary N) is 1. The largest absolute Gasteiger partial charge is 0.489 e. The summed E-state index contributed by atoms with van der Waals surface area (Å²) in [5.74, 6) is 0.916. The van der Waals surface area contributed by atoms with Crippen LogP contribution in [0.5, 0.6) is 5.75 Å². The molecular formula is C20H28N2O4. The minimum absolute atomic E-state index is 0.109. The van der Waals surface area contributed by atoms with E-state index in [1.165, 1.54) is 0 Å². The van der Waals surface area contributed by atoms with Gasteiger partial charge in [0.1, 0.15) is 12.4 Å². The van der Waals surface area contributed by atoms with Crippen LogP contribution in [0.15, 0.2) is 36.9 Å². The Hall–Kier alpha value is -1.89. The van der Waals surface area contributed by atoms with Gasteiger partial charge < -0.3 is 19.5 Å². The topological polar surface area (TPSA) is 60.0 Å². The van der Waals surface area contributed by atoms with Gasteiger partial charge in [-0.3, -0.25) is 9.69 Å². The van der Waals surface area contributed by atoms with Gasteiger partial charge in [0.2, 0.25) is 0 Å². The number of hydrogen-bond acceptors (Lipinski definition) is 5. The number of nitrogens with zero attached hydrogens (tertiary/aromatic N) is 1. The predicted molar refractivity (Wildman–Crippen MR) is 99.6 cm³/mol. The van der Waals surface area contributed by atoms with E-state index in [1.807, 2.05) is 18.2 Å². The van der Waals surface area contributed by atoms with E-state index in [4.69, 9.17) is 14.2 Å². The summed E-state index contributed by atoms with van der Waals surface area (Å²) in [6.45, 7) is 9.48. The van der Waals surface area contributed by atoms with Gasteiger partial charge in [-0.15, -0.1) is 0 Å². The molecule has 2 heterocycles. The minimum atomic E-state index is -0.109. The summed E-state index contributed by atoms with van der Waals surface area (Å²) in [7, 11) is 0. The number of benzene rings is 1. The van der Waals surface area contributed by atoms with Crippen molar-refractivity contribution in [3.05, 3.63) is 42.5 Å². The number of hydrogen-bond donors (Lipinski definition) is 1. The first-order valence-electron chi connectivity index (χ1n) is 9.30. The predicted octanol–water partition coefficient (Wildman–Crippen LogP) is 1.72. The van der Waals surface area contributed by atoms with Crippen molar-refractivity contribution in [2.75, 3.05) is 52.7 Å². The Morgan fingerprint density at radius 3 is 2.85 bits per heavy atom. The first kappa shape index (κ1) is 18.9. The zero-order valence-corrected chi connectivity index (χ0v) is 15.2. The van der Waals surface area contributed by atoms with E-state index in [1.54, 1.807) is 12.1 Å². The molecule has 26 heavy (non-hydrogen) atoms. The van der Waals surface area contributed by atoms with Gasteiger partial charge in [0.15, 0.2) is 0 Å². The SMILES string of the molecule is C=CCOc1ccccc1C(=O)NC[C@@H]([C@H]1CCOC1)N1CCOCC1. The molecule has 0 saturated carbocycles. The van der Waals surface area contributed by atoms with Crippen molar-refractivity contribution in [2.45, 2.75) is 12.5 Å². The molecule has 6 heteroatoms. The van der Waals surface area contributed by atoms with Crippen molar-refractivity contribution in [1.82, 2.24) is 10.2 Å². The normalized spacial score (nSPS) is 21.9. The Morgan fingerprint density at radius 2 is 2.12 bits per heavy atom. The lowest BCUT2D eigenvalue weighted by Crippen LogP contribution is -2.52. The molecule has 1 amide bonds. The number of amides is 1. The summed E-state index contributed by atoms with van der Waals surface area (Å²) in [4.78, 5) is 15.2. The highest BCUT2D eigenvalue weighted by Crippen LogP contribution is 2.23. The molecule has 1 aromatic carbocycles. The van der Waals surface area contributed by atoms with Gasteiger partial charge in [-0.05, 0) is 18.6 Å². The van der Waals surface area contributed by atoms with Crippen molar-refractivity contribution in [3.63, 3.8) is 0 Å². The van der Waals surface area contributed by atoms with E-state index in [0.717, 1.165) is 45.9 Å². The molecule has 0 radical (unpaired) electrons. The molecule has 1 N–H and O–H groups in total. The second-order valence-corrected chi connectivity index (χ2v) is 6.65. The van der Waals surface area contributed by atoms with Gasteiger partial charge in [0.25, 0.3) is 5.91 Å². The van der Waals surface area contributed by atoms with E-state index in [2.05, 4.69) is 16.8 Å². The zero-order valence-electron chi connectivity index (χ0n) is 15.2. The highest BCUT2D eigenvalue weighted by molar-refractivity contribution is 5.96. The third-order valence-electron chi connectivity index (χ3n) is 4.98. The van der Waals surface area contributed by atoms with Gasteiger partial charge in [0, 0.05) is 38.2 Å². The quantitative estimate of drug-likeness (QED) is 0.716. The smallest absolute Gasteiger partial charge is 0.255 e. The molecule has 0 bridgehead atoms. The molecule has 2 atom stereocenters. The van der Waals surface area contributed by atoms with E-state index < -0.39 is 0 Å². The van der Waals surface area contributed by atoms with Crippen LogP contribution in [0, 0.1) is 5.92 Å². The number of para-hydroxylation sites is 1. The van der Waals surface area contributed by atoms with Gasteiger partial charge in [-0.1, -0.05) is 24.8 Å². The van der Waals surface area contributed by atoms with Crippen molar-refractivity contribution < 1.29 is 19.0 Å². The van der Waals surface area contributed by atoms with Crippen LogP contribution in [0.4, 0.5) is 0 Å². The number of carbonyl (C=O) groups excluding carboxylic acids is 1.